The Morgan fingerprint density at radius 3 is 2.69 bits per heavy atom. The lowest BCUT2D eigenvalue weighted by Crippen LogP contribution is -2.44. The second kappa shape index (κ2) is 7.43. The quantitative estimate of drug-likeness (QED) is 0.645. The van der Waals surface area contributed by atoms with Gasteiger partial charge in [0, 0.05) is 24.5 Å². The monoisotopic (exact) mass is 392 g/mol. The van der Waals surface area contributed by atoms with Crippen molar-refractivity contribution in [1.29, 1.82) is 0 Å². The van der Waals surface area contributed by atoms with Crippen LogP contribution >= 0.6 is 0 Å². The van der Waals surface area contributed by atoms with Crippen molar-refractivity contribution in [3.05, 3.63) is 75.6 Å². The molecule has 4 rings (SSSR count). The van der Waals surface area contributed by atoms with Gasteiger partial charge in [-0.3, -0.25) is 9.59 Å². The molecule has 29 heavy (non-hydrogen) atoms. The molecule has 0 saturated heterocycles. The highest BCUT2D eigenvalue weighted by molar-refractivity contribution is 5.99. The van der Waals surface area contributed by atoms with E-state index in [1.165, 1.54) is 19.2 Å². The molecule has 0 aliphatic carbocycles. The van der Waals surface area contributed by atoms with Crippen molar-refractivity contribution in [1.82, 2.24) is 9.88 Å². The number of ether oxygens (including phenoxy) is 1. The number of aromatic hydroxyl groups is 1. The lowest BCUT2D eigenvalue weighted by Gasteiger charge is -2.17. The Bertz CT molecular complexity index is 1160. The number of nitrogens with one attached hydrogen (secondary N) is 1. The summed E-state index contributed by atoms with van der Waals surface area (Å²) in [4.78, 5) is 38.0. The average Bonchev–Trinajstić information content (AvgIpc) is 3.15. The highest BCUT2D eigenvalue weighted by atomic mass is 16.5. The zero-order valence-corrected chi connectivity index (χ0v) is 15.8. The van der Waals surface area contributed by atoms with E-state index in [4.69, 9.17) is 4.74 Å². The van der Waals surface area contributed by atoms with Gasteiger partial charge in [-0.2, -0.15) is 0 Å². The summed E-state index contributed by atoms with van der Waals surface area (Å²) in [6, 6.07) is 10.9. The number of pyridine rings is 1. The summed E-state index contributed by atoms with van der Waals surface area (Å²) in [5.41, 5.74) is 2.33. The maximum absolute atomic E-state index is 12.9. The molecule has 1 aromatic heterocycles. The summed E-state index contributed by atoms with van der Waals surface area (Å²) in [5.74, 6) is -1.12. The Morgan fingerprint density at radius 2 is 1.97 bits per heavy atom. The van der Waals surface area contributed by atoms with Crippen LogP contribution in [-0.4, -0.2) is 34.7 Å². The molecule has 148 valence electrons. The van der Waals surface area contributed by atoms with Crippen LogP contribution in [0.1, 0.15) is 21.5 Å². The molecule has 0 bridgehead atoms. The minimum Gasteiger partial charge on any atom is -0.508 e. The fourth-order valence-electron chi connectivity index (χ4n) is 3.76. The molecule has 1 aliphatic rings. The Kier molecular flexibility index (Phi) is 4.80. The topological polar surface area (TPSA) is 97.6 Å². The zero-order valence-electron chi connectivity index (χ0n) is 15.8. The second-order valence-electron chi connectivity index (χ2n) is 7.05. The number of para-hydroxylation sites is 1. The summed E-state index contributed by atoms with van der Waals surface area (Å²) >= 11 is 0. The van der Waals surface area contributed by atoms with Crippen LogP contribution in [0.3, 0.4) is 0 Å². The van der Waals surface area contributed by atoms with Gasteiger partial charge in [-0.05, 0) is 35.7 Å². The smallest absolute Gasteiger partial charge is 0.328 e. The molecule has 2 heterocycles. The third-order valence-electron chi connectivity index (χ3n) is 5.21. The molecule has 0 fully saturated rings. The molecule has 1 aliphatic heterocycles. The van der Waals surface area contributed by atoms with Gasteiger partial charge in [0.25, 0.3) is 5.91 Å². The highest BCUT2D eigenvalue weighted by Crippen LogP contribution is 2.24. The summed E-state index contributed by atoms with van der Waals surface area (Å²) in [6.07, 6.45) is 2.55. The first-order chi connectivity index (χ1) is 14.0. The molecular formula is C22H20N2O5. The molecule has 1 amide bonds. The molecular weight excluding hydrogens is 372 g/mol. The number of phenolic OH excluding ortho intramolecular Hbond substituents is 1. The normalized spacial score (nSPS) is 13.3. The molecule has 7 nitrogen and oxygen atoms in total. The fourth-order valence-corrected chi connectivity index (χ4v) is 3.76. The van der Waals surface area contributed by atoms with Gasteiger partial charge in [-0.25, -0.2) is 4.79 Å². The number of carbonyl (C=O) groups excluding carboxylic acids is 2. The van der Waals surface area contributed by atoms with Crippen molar-refractivity contribution in [3.8, 4) is 5.75 Å². The van der Waals surface area contributed by atoms with Gasteiger partial charge in [0.2, 0.25) is 5.43 Å². The van der Waals surface area contributed by atoms with E-state index in [0.29, 0.717) is 11.9 Å². The first kappa shape index (κ1) is 18.7. The Morgan fingerprint density at radius 1 is 1.21 bits per heavy atom. The fraction of sp³-hybridized carbons (Fsp3) is 0.227. The number of rotatable bonds is 5. The van der Waals surface area contributed by atoms with Crippen molar-refractivity contribution in [2.24, 2.45) is 0 Å². The number of esters is 1. The number of nitrogens with zero attached hydrogens (tertiary/aromatic N) is 1. The van der Waals surface area contributed by atoms with Gasteiger partial charge in [0.15, 0.2) is 0 Å². The van der Waals surface area contributed by atoms with Gasteiger partial charge >= 0.3 is 5.97 Å². The molecule has 2 N–H and O–H groups in total. The molecule has 7 heteroatoms. The molecule has 0 spiro atoms. The number of carbonyl (C=O) groups is 2. The maximum Gasteiger partial charge on any atom is 0.328 e. The average molecular weight is 392 g/mol. The van der Waals surface area contributed by atoms with Crippen LogP contribution in [0.2, 0.25) is 0 Å². The number of amides is 1. The minimum atomic E-state index is -0.961. The third kappa shape index (κ3) is 3.47. The molecule has 3 aromatic rings. The van der Waals surface area contributed by atoms with Crippen LogP contribution in [0, 0.1) is 0 Å². The number of aryl methyl sites for hydroxylation is 2. The van der Waals surface area contributed by atoms with Crippen molar-refractivity contribution >= 4 is 22.8 Å². The van der Waals surface area contributed by atoms with Crippen molar-refractivity contribution < 1.29 is 19.4 Å². The second-order valence-corrected chi connectivity index (χ2v) is 7.05. The van der Waals surface area contributed by atoms with Crippen LogP contribution < -0.4 is 10.7 Å². The van der Waals surface area contributed by atoms with Crippen LogP contribution in [0.25, 0.3) is 10.9 Å². The maximum atomic E-state index is 12.9. The number of hydrogen-bond donors (Lipinski definition) is 2. The van der Waals surface area contributed by atoms with Gasteiger partial charge in [-0.1, -0.05) is 24.3 Å². The van der Waals surface area contributed by atoms with E-state index in [9.17, 15) is 19.5 Å². The van der Waals surface area contributed by atoms with Gasteiger partial charge in [0.1, 0.15) is 17.4 Å². The van der Waals surface area contributed by atoms with Crippen LogP contribution in [0.4, 0.5) is 0 Å². The van der Waals surface area contributed by atoms with Gasteiger partial charge < -0.3 is 19.7 Å². The molecule has 0 unspecified atom stereocenters. The van der Waals surface area contributed by atoms with Crippen molar-refractivity contribution in [2.45, 2.75) is 25.4 Å². The number of benzene rings is 2. The van der Waals surface area contributed by atoms with E-state index in [2.05, 4.69) is 5.32 Å². The summed E-state index contributed by atoms with van der Waals surface area (Å²) in [5, 5.41) is 12.5. The molecule has 2 aromatic carbocycles. The SMILES string of the molecule is COC(=O)[C@H](Cc1ccc(O)cc1)NC(=O)c1cn2c3c(cccc3c1=O)CC2. The summed E-state index contributed by atoms with van der Waals surface area (Å²) in [7, 11) is 1.24. The Hall–Kier alpha value is -3.61. The zero-order chi connectivity index (χ0) is 20.5. The van der Waals surface area contributed by atoms with E-state index in [1.54, 1.807) is 24.4 Å². The Labute approximate surface area is 166 Å². The first-order valence-corrected chi connectivity index (χ1v) is 9.29. The van der Waals surface area contributed by atoms with E-state index >= 15 is 0 Å². The lowest BCUT2D eigenvalue weighted by atomic mass is 10.0. The van der Waals surface area contributed by atoms with Crippen LogP contribution in [0.15, 0.2) is 53.5 Å². The largest absolute Gasteiger partial charge is 0.508 e. The van der Waals surface area contributed by atoms with Crippen LogP contribution in [0.5, 0.6) is 5.75 Å². The van der Waals surface area contributed by atoms with E-state index < -0.39 is 17.9 Å². The van der Waals surface area contributed by atoms with Crippen molar-refractivity contribution in [2.75, 3.05) is 7.11 Å². The Balaban J connectivity index is 1.65. The third-order valence-corrected chi connectivity index (χ3v) is 5.21. The molecule has 0 radical (unpaired) electrons. The number of methoxy groups -OCH3 is 1. The summed E-state index contributed by atoms with van der Waals surface area (Å²) in [6.45, 7) is 0.699. The van der Waals surface area contributed by atoms with E-state index in [-0.39, 0.29) is 23.2 Å². The highest BCUT2D eigenvalue weighted by Gasteiger charge is 2.26. The van der Waals surface area contributed by atoms with Gasteiger partial charge in [-0.15, -0.1) is 0 Å². The standard InChI is InChI=1S/C22H20N2O5/c1-29-22(28)18(11-13-5-7-15(25)8-6-13)23-21(27)17-12-24-10-9-14-3-2-4-16(19(14)24)20(17)26/h2-8,12,18,25H,9-11H2,1H3,(H,23,27)/t18-/m0/s1. The number of phenols is 1. The summed E-state index contributed by atoms with van der Waals surface area (Å²) < 4.78 is 6.72. The number of aromatic nitrogens is 1. The van der Waals surface area contributed by atoms with E-state index in [1.807, 2.05) is 16.7 Å². The van der Waals surface area contributed by atoms with Crippen LogP contribution in [-0.2, 0) is 28.9 Å². The molecule has 0 saturated carbocycles. The van der Waals surface area contributed by atoms with Gasteiger partial charge in [0.05, 0.1) is 12.6 Å². The lowest BCUT2D eigenvalue weighted by molar-refractivity contribution is -0.142. The van der Waals surface area contributed by atoms with Crippen molar-refractivity contribution in [3.63, 3.8) is 0 Å². The molecule has 1 atom stereocenters. The predicted octanol–water partition coefficient (Wildman–Crippen LogP) is 1.78. The number of hydrogen-bond acceptors (Lipinski definition) is 5. The predicted molar refractivity (Wildman–Crippen MR) is 107 cm³/mol. The first-order valence-electron chi connectivity index (χ1n) is 9.29. The van der Waals surface area contributed by atoms with E-state index in [0.717, 1.165) is 23.1 Å². The minimum absolute atomic E-state index is 0.00356.